The Morgan fingerprint density at radius 2 is 1.79 bits per heavy atom. The molecule has 1 saturated heterocycles. The van der Waals surface area contributed by atoms with Gasteiger partial charge >= 0.3 is 0 Å². The molecule has 1 heterocycles. The lowest BCUT2D eigenvalue weighted by atomic mass is 10.1. The Hall–Kier alpha value is -1.91. The second kappa shape index (κ2) is 7.77. The van der Waals surface area contributed by atoms with Gasteiger partial charge in [0.15, 0.2) is 0 Å². The highest BCUT2D eigenvalue weighted by Crippen LogP contribution is 2.17. The van der Waals surface area contributed by atoms with Gasteiger partial charge in [-0.1, -0.05) is 47.5 Å². The molecular formula is C19H21ClFN3. The van der Waals surface area contributed by atoms with Gasteiger partial charge in [0.2, 0.25) is 0 Å². The van der Waals surface area contributed by atoms with Crippen LogP contribution in [-0.4, -0.2) is 42.3 Å². The molecule has 24 heavy (non-hydrogen) atoms. The predicted molar refractivity (Wildman–Crippen MR) is 97.0 cm³/mol. The maximum absolute atomic E-state index is 13.7. The molecule has 0 radical (unpaired) electrons. The van der Waals surface area contributed by atoms with E-state index in [4.69, 9.17) is 11.6 Å². The summed E-state index contributed by atoms with van der Waals surface area (Å²) in [6, 6.07) is 13.3. The van der Waals surface area contributed by atoms with Crippen LogP contribution in [0.1, 0.15) is 16.7 Å². The Labute approximate surface area is 147 Å². The van der Waals surface area contributed by atoms with Crippen molar-refractivity contribution >= 4 is 17.8 Å². The lowest BCUT2D eigenvalue weighted by Gasteiger charge is -2.33. The van der Waals surface area contributed by atoms with Gasteiger partial charge in [-0.05, 0) is 24.6 Å². The molecule has 1 aliphatic rings. The molecule has 0 saturated carbocycles. The van der Waals surface area contributed by atoms with Crippen molar-refractivity contribution in [3.63, 3.8) is 0 Å². The van der Waals surface area contributed by atoms with E-state index >= 15 is 0 Å². The van der Waals surface area contributed by atoms with E-state index in [1.165, 1.54) is 23.4 Å². The van der Waals surface area contributed by atoms with Crippen LogP contribution in [0.3, 0.4) is 0 Å². The summed E-state index contributed by atoms with van der Waals surface area (Å²) in [5.74, 6) is -0.343. The van der Waals surface area contributed by atoms with Crippen LogP contribution in [0.15, 0.2) is 47.6 Å². The second-order valence-electron chi connectivity index (χ2n) is 6.10. The normalized spacial score (nSPS) is 16.0. The highest BCUT2D eigenvalue weighted by Gasteiger charge is 2.15. The SMILES string of the molecule is Cc1ccc(CN2CCN(N=Cc3c(F)cccc3Cl)CC2)cc1. The Morgan fingerprint density at radius 3 is 2.46 bits per heavy atom. The molecule has 0 unspecified atom stereocenters. The molecular weight excluding hydrogens is 325 g/mol. The van der Waals surface area contributed by atoms with Gasteiger partial charge in [0.1, 0.15) is 5.82 Å². The predicted octanol–water partition coefficient (Wildman–Crippen LogP) is 3.94. The molecule has 3 nitrogen and oxygen atoms in total. The van der Waals surface area contributed by atoms with E-state index in [-0.39, 0.29) is 5.82 Å². The lowest BCUT2D eigenvalue weighted by Crippen LogP contribution is -2.43. The first-order valence-corrected chi connectivity index (χ1v) is 8.50. The van der Waals surface area contributed by atoms with Crippen molar-refractivity contribution in [3.05, 3.63) is 70.0 Å². The highest BCUT2D eigenvalue weighted by atomic mass is 35.5. The second-order valence-corrected chi connectivity index (χ2v) is 6.50. The lowest BCUT2D eigenvalue weighted by molar-refractivity contribution is 0.131. The first-order chi connectivity index (χ1) is 11.6. The fraction of sp³-hybridized carbons (Fsp3) is 0.316. The van der Waals surface area contributed by atoms with Crippen LogP contribution in [0, 0.1) is 12.7 Å². The summed E-state index contributed by atoms with van der Waals surface area (Å²) in [7, 11) is 0. The molecule has 0 bridgehead atoms. The minimum atomic E-state index is -0.343. The number of piperazine rings is 1. The zero-order valence-corrected chi connectivity index (χ0v) is 14.5. The molecule has 0 aliphatic carbocycles. The molecule has 0 aromatic heterocycles. The van der Waals surface area contributed by atoms with Crippen LogP contribution < -0.4 is 0 Å². The van der Waals surface area contributed by atoms with Crippen molar-refractivity contribution in [1.82, 2.24) is 9.91 Å². The summed E-state index contributed by atoms with van der Waals surface area (Å²) in [5.41, 5.74) is 2.96. The summed E-state index contributed by atoms with van der Waals surface area (Å²) in [5, 5.41) is 6.74. The summed E-state index contributed by atoms with van der Waals surface area (Å²) < 4.78 is 13.7. The molecule has 2 aromatic rings. The van der Waals surface area contributed by atoms with Crippen LogP contribution >= 0.6 is 11.6 Å². The number of benzene rings is 2. The van der Waals surface area contributed by atoms with Crippen LogP contribution in [0.5, 0.6) is 0 Å². The van der Waals surface area contributed by atoms with Gasteiger partial charge in [0.25, 0.3) is 0 Å². The van der Waals surface area contributed by atoms with E-state index in [2.05, 4.69) is 41.2 Å². The standard InChI is InChI=1S/C19H21ClFN3/c1-15-5-7-16(8-6-15)14-23-9-11-24(12-10-23)22-13-17-18(20)3-2-4-19(17)21/h2-8,13H,9-12,14H2,1H3. The zero-order valence-electron chi connectivity index (χ0n) is 13.8. The van der Waals surface area contributed by atoms with Crippen molar-refractivity contribution in [2.75, 3.05) is 26.2 Å². The number of aryl methyl sites for hydroxylation is 1. The van der Waals surface area contributed by atoms with Crippen LogP contribution in [0.4, 0.5) is 4.39 Å². The molecule has 0 amide bonds. The molecule has 1 fully saturated rings. The van der Waals surface area contributed by atoms with E-state index in [9.17, 15) is 4.39 Å². The molecule has 0 N–H and O–H groups in total. The fourth-order valence-electron chi connectivity index (χ4n) is 2.74. The van der Waals surface area contributed by atoms with Gasteiger partial charge in [-0.25, -0.2) is 4.39 Å². The van der Waals surface area contributed by atoms with Gasteiger partial charge in [0.05, 0.1) is 11.2 Å². The molecule has 3 rings (SSSR count). The molecule has 5 heteroatoms. The van der Waals surface area contributed by atoms with Crippen molar-refractivity contribution < 1.29 is 4.39 Å². The summed E-state index contributed by atoms with van der Waals surface area (Å²) in [4.78, 5) is 2.41. The first-order valence-electron chi connectivity index (χ1n) is 8.12. The maximum Gasteiger partial charge on any atom is 0.133 e. The third-order valence-corrected chi connectivity index (χ3v) is 4.55. The van der Waals surface area contributed by atoms with Gasteiger partial charge in [-0.3, -0.25) is 9.91 Å². The fourth-order valence-corrected chi connectivity index (χ4v) is 2.95. The van der Waals surface area contributed by atoms with E-state index in [1.807, 2.05) is 5.01 Å². The third kappa shape index (κ3) is 4.34. The van der Waals surface area contributed by atoms with Gasteiger partial charge < -0.3 is 0 Å². The van der Waals surface area contributed by atoms with Gasteiger partial charge in [-0.15, -0.1) is 0 Å². The number of hydrogen-bond acceptors (Lipinski definition) is 3. The van der Waals surface area contributed by atoms with Crippen molar-refractivity contribution in [2.45, 2.75) is 13.5 Å². The van der Waals surface area contributed by atoms with Crippen molar-refractivity contribution in [2.24, 2.45) is 5.10 Å². The van der Waals surface area contributed by atoms with Crippen LogP contribution in [0.25, 0.3) is 0 Å². The van der Waals surface area contributed by atoms with Gasteiger partial charge in [0, 0.05) is 38.3 Å². The average Bonchev–Trinajstić information content (AvgIpc) is 2.58. The number of hydrazone groups is 1. The highest BCUT2D eigenvalue weighted by molar-refractivity contribution is 6.33. The Morgan fingerprint density at radius 1 is 1.08 bits per heavy atom. The third-order valence-electron chi connectivity index (χ3n) is 4.23. The molecule has 0 spiro atoms. The van der Waals surface area contributed by atoms with E-state index in [0.717, 1.165) is 32.7 Å². The Bertz CT molecular complexity index is 687. The molecule has 0 atom stereocenters. The van der Waals surface area contributed by atoms with Crippen molar-refractivity contribution in [3.8, 4) is 0 Å². The minimum absolute atomic E-state index is 0.343. The zero-order chi connectivity index (χ0) is 16.9. The smallest absolute Gasteiger partial charge is 0.133 e. The van der Waals surface area contributed by atoms with E-state index in [1.54, 1.807) is 12.1 Å². The van der Waals surface area contributed by atoms with Crippen LogP contribution in [0.2, 0.25) is 5.02 Å². The minimum Gasteiger partial charge on any atom is -0.295 e. The summed E-state index contributed by atoms with van der Waals surface area (Å²) in [6.45, 7) is 6.59. The number of halogens is 2. The summed E-state index contributed by atoms with van der Waals surface area (Å²) >= 11 is 6.01. The van der Waals surface area contributed by atoms with Gasteiger partial charge in [-0.2, -0.15) is 5.10 Å². The number of nitrogens with zero attached hydrogens (tertiary/aromatic N) is 3. The first kappa shape index (κ1) is 16.9. The number of rotatable bonds is 4. The largest absolute Gasteiger partial charge is 0.295 e. The van der Waals surface area contributed by atoms with E-state index < -0.39 is 0 Å². The monoisotopic (exact) mass is 345 g/mol. The number of hydrogen-bond donors (Lipinski definition) is 0. The molecule has 1 aliphatic heterocycles. The average molecular weight is 346 g/mol. The topological polar surface area (TPSA) is 18.8 Å². The maximum atomic E-state index is 13.7. The Balaban J connectivity index is 1.53. The molecule has 126 valence electrons. The van der Waals surface area contributed by atoms with Crippen LogP contribution in [-0.2, 0) is 6.54 Å². The van der Waals surface area contributed by atoms with Crippen molar-refractivity contribution in [1.29, 1.82) is 0 Å². The van der Waals surface area contributed by atoms with E-state index in [0.29, 0.717) is 10.6 Å². The Kier molecular flexibility index (Phi) is 5.48. The molecule has 2 aromatic carbocycles. The quantitative estimate of drug-likeness (QED) is 0.782. The summed E-state index contributed by atoms with van der Waals surface area (Å²) in [6.07, 6.45) is 1.52.